The number of aryl methyl sites for hydroxylation is 2. The molecule has 0 aliphatic rings. The number of hydrogen-bond acceptors (Lipinski definition) is 5. The highest BCUT2D eigenvalue weighted by Crippen LogP contribution is 2.21. The van der Waals surface area contributed by atoms with Crippen LogP contribution in [-0.4, -0.2) is 29.4 Å². The summed E-state index contributed by atoms with van der Waals surface area (Å²) in [6, 6.07) is 18.6. The number of halogens is 1. The first kappa shape index (κ1) is 25.7. The maximum atomic E-state index is 12.3. The average molecular weight is 511 g/mol. The molecular weight excluding hydrogens is 488 g/mol. The van der Waals surface area contributed by atoms with Crippen LogP contribution in [0.25, 0.3) is 0 Å². The SMILES string of the molecule is Cc1cccc(C(=O)Nc2ccc(C(=O)NNC(=S)NC(=O)COc3ccc(Cl)cc3C)cc2)c1. The van der Waals surface area contributed by atoms with E-state index in [9.17, 15) is 14.4 Å². The zero-order valence-corrected chi connectivity index (χ0v) is 20.5. The first-order chi connectivity index (χ1) is 16.7. The highest BCUT2D eigenvalue weighted by Gasteiger charge is 2.11. The monoisotopic (exact) mass is 510 g/mol. The molecule has 0 atom stereocenters. The van der Waals surface area contributed by atoms with Gasteiger partial charge in [-0.2, -0.15) is 0 Å². The molecule has 0 saturated carbocycles. The van der Waals surface area contributed by atoms with E-state index in [1.807, 2.05) is 26.0 Å². The fourth-order valence-corrected chi connectivity index (χ4v) is 3.38. The lowest BCUT2D eigenvalue weighted by Crippen LogP contribution is -2.49. The summed E-state index contributed by atoms with van der Waals surface area (Å²) in [7, 11) is 0. The Morgan fingerprint density at radius 2 is 1.63 bits per heavy atom. The van der Waals surface area contributed by atoms with Gasteiger partial charge in [0.2, 0.25) is 0 Å². The Morgan fingerprint density at radius 3 is 2.31 bits per heavy atom. The molecule has 3 amide bonds. The molecule has 0 fully saturated rings. The minimum atomic E-state index is -0.500. The van der Waals surface area contributed by atoms with Gasteiger partial charge in [0.1, 0.15) is 5.75 Å². The predicted molar refractivity (Wildman–Crippen MR) is 139 cm³/mol. The normalized spacial score (nSPS) is 10.1. The second-order valence-electron chi connectivity index (χ2n) is 7.56. The molecule has 35 heavy (non-hydrogen) atoms. The van der Waals surface area contributed by atoms with E-state index >= 15 is 0 Å². The van der Waals surface area contributed by atoms with E-state index in [4.69, 9.17) is 28.6 Å². The molecule has 10 heteroatoms. The highest BCUT2D eigenvalue weighted by molar-refractivity contribution is 7.80. The number of hydrogen-bond donors (Lipinski definition) is 4. The molecule has 180 valence electrons. The molecule has 0 radical (unpaired) electrons. The lowest BCUT2D eigenvalue weighted by Gasteiger charge is -2.12. The minimum absolute atomic E-state index is 0.0955. The molecule has 4 N–H and O–H groups in total. The van der Waals surface area contributed by atoms with E-state index in [1.54, 1.807) is 54.6 Å². The summed E-state index contributed by atoms with van der Waals surface area (Å²) in [6.45, 7) is 3.45. The van der Waals surface area contributed by atoms with E-state index in [0.29, 0.717) is 27.6 Å². The van der Waals surface area contributed by atoms with Gasteiger partial charge in [-0.05, 0) is 86.2 Å². The van der Waals surface area contributed by atoms with Crippen LogP contribution in [0.3, 0.4) is 0 Å². The quantitative estimate of drug-likeness (QED) is 0.296. The summed E-state index contributed by atoms with van der Waals surface area (Å²) >= 11 is 10.9. The van der Waals surface area contributed by atoms with Crippen LogP contribution in [0.1, 0.15) is 31.8 Å². The number of hydrazine groups is 1. The second-order valence-corrected chi connectivity index (χ2v) is 8.40. The largest absolute Gasteiger partial charge is 0.483 e. The van der Waals surface area contributed by atoms with Crippen molar-refractivity contribution in [3.05, 3.63) is 94.0 Å². The van der Waals surface area contributed by atoms with Crippen LogP contribution in [0.5, 0.6) is 5.75 Å². The van der Waals surface area contributed by atoms with E-state index < -0.39 is 11.8 Å². The minimum Gasteiger partial charge on any atom is -0.483 e. The number of nitrogens with one attached hydrogen (secondary N) is 4. The molecular formula is C25H23ClN4O4S. The van der Waals surface area contributed by atoms with Gasteiger partial charge in [-0.3, -0.25) is 30.6 Å². The first-order valence-corrected chi connectivity index (χ1v) is 11.3. The van der Waals surface area contributed by atoms with Crippen molar-refractivity contribution in [1.82, 2.24) is 16.2 Å². The Labute approximate surface area is 213 Å². The van der Waals surface area contributed by atoms with Gasteiger partial charge in [-0.25, -0.2) is 0 Å². The van der Waals surface area contributed by atoms with Crippen molar-refractivity contribution >= 4 is 52.3 Å². The zero-order chi connectivity index (χ0) is 25.4. The van der Waals surface area contributed by atoms with Crippen LogP contribution in [0.15, 0.2) is 66.7 Å². The van der Waals surface area contributed by atoms with Crippen molar-refractivity contribution in [2.75, 3.05) is 11.9 Å². The summed E-state index contributed by atoms with van der Waals surface area (Å²) in [6.07, 6.45) is 0. The van der Waals surface area contributed by atoms with Crippen LogP contribution in [0, 0.1) is 13.8 Å². The summed E-state index contributed by atoms with van der Waals surface area (Å²) in [5, 5.41) is 5.66. The Bertz CT molecular complexity index is 1260. The summed E-state index contributed by atoms with van der Waals surface area (Å²) in [5.41, 5.74) is 8.03. The molecule has 3 rings (SSSR count). The predicted octanol–water partition coefficient (Wildman–Crippen LogP) is 3.92. The van der Waals surface area contributed by atoms with Gasteiger partial charge in [0.25, 0.3) is 17.7 Å². The Kier molecular flexibility index (Phi) is 8.77. The van der Waals surface area contributed by atoms with Crippen molar-refractivity contribution in [2.45, 2.75) is 13.8 Å². The lowest BCUT2D eigenvalue weighted by molar-refractivity contribution is -0.121. The topological polar surface area (TPSA) is 109 Å². The molecule has 3 aromatic carbocycles. The van der Waals surface area contributed by atoms with E-state index in [1.165, 1.54) is 0 Å². The van der Waals surface area contributed by atoms with Crippen LogP contribution < -0.4 is 26.2 Å². The van der Waals surface area contributed by atoms with E-state index in [0.717, 1.165) is 11.1 Å². The molecule has 0 aliphatic carbocycles. The van der Waals surface area contributed by atoms with Crippen molar-refractivity contribution < 1.29 is 19.1 Å². The van der Waals surface area contributed by atoms with Gasteiger partial charge in [0.05, 0.1) is 0 Å². The number of rotatable bonds is 6. The number of amides is 3. The molecule has 0 unspecified atom stereocenters. The van der Waals surface area contributed by atoms with Crippen LogP contribution in [0.4, 0.5) is 5.69 Å². The van der Waals surface area contributed by atoms with E-state index in [-0.39, 0.29) is 17.6 Å². The van der Waals surface area contributed by atoms with Gasteiger partial charge >= 0.3 is 0 Å². The Hall–Kier alpha value is -3.95. The smallest absolute Gasteiger partial charge is 0.269 e. The fraction of sp³-hybridized carbons (Fsp3) is 0.120. The second kappa shape index (κ2) is 12.0. The van der Waals surface area contributed by atoms with Gasteiger partial charge in [0.15, 0.2) is 11.7 Å². The van der Waals surface area contributed by atoms with Crippen molar-refractivity contribution in [3.63, 3.8) is 0 Å². The van der Waals surface area contributed by atoms with Crippen LogP contribution in [0.2, 0.25) is 5.02 Å². The highest BCUT2D eigenvalue weighted by atomic mass is 35.5. The third-order valence-electron chi connectivity index (χ3n) is 4.72. The Morgan fingerprint density at radius 1 is 0.886 bits per heavy atom. The standard InChI is InChI=1S/C25H23ClN4O4S/c1-15-4-3-5-18(12-15)23(32)27-20-9-6-17(7-10-20)24(33)29-30-25(35)28-22(31)14-34-21-11-8-19(26)13-16(21)2/h3-13H,14H2,1-2H3,(H,27,32)(H,29,33)(H2,28,30,31,35). The maximum absolute atomic E-state index is 12.3. The molecule has 3 aromatic rings. The van der Waals surface area contributed by atoms with Gasteiger partial charge in [0, 0.05) is 21.8 Å². The van der Waals surface area contributed by atoms with E-state index in [2.05, 4.69) is 21.5 Å². The maximum Gasteiger partial charge on any atom is 0.269 e. The lowest BCUT2D eigenvalue weighted by atomic mass is 10.1. The van der Waals surface area contributed by atoms with Crippen LogP contribution >= 0.6 is 23.8 Å². The fourth-order valence-electron chi connectivity index (χ4n) is 2.99. The molecule has 0 bridgehead atoms. The van der Waals surface area contributed by atoms with Crippen LogP contribution in [-0.2, 0) is 4.79 Å². The third-order valence-corrected chi connectivity index (χ3v) is 5.16. The van der Waals surface area contributed by atoms with Gasteiger partial charge in [-0.15, -0.1) is 0 Å². The summed E-state index contributed by atoms with van der Waals surface area (Å²) in [4.78, 5) is 36.7. The number of thiocarbonyl (C=S) groups is 1. The number of carbonyl (C=O) groups excluding carboxylic acids is 3. The number of carbonyl (C=O) groups is 3. The molecule has 0 heterocycles. The Balaban J connectivity index is 1.43. The molecule has 0 aliphatic heterocycles. The number of benzene rings is 3. The average Bonchev–Trinajstić information content (AvgIpc) is 2.82. The molecule has 0 spiro atoms. The van der Waals surface area contributed by atoms with Gasteiger partial charge in [-0.1, -0.05) is 29.3 Å². The van der Waals surface area contributed by atoms with Crippen molar-refractivity contribution in [1.29, 1.82) is 0 Å². The first-order valence-electron chi connectivity index (χ1n) is 10.5. The number of anilines is 1. The summed E-state index contributed by atoms with van der Waals surface area (Å²) < 4.78 is 5.45. The number of ether oxygens (including phenoxy) is 1. The van der Waals surface area contributed by atoms with Gasteiger partial charge < -0.3 is 10.1 Å². The molecule has 0 aromatic heterocycles. The molecule has 0 saturated heterocycles. The van der Waals surface area contributed by atoms with Crippen molar-refractivity contribution in [3.8, 4) is 5.75 Å². The molecule has 8 nitrogen and oxygen atoms in total. The zero-order valence-electron chi connectivity index (χ0n) is 19.0. The van der Waals surface area contributed by atoms with Crippen molar-refractivity contribution in [2.24, 2.45) is 0 Å². The summed E-state index contributed by atoms with van der Waals surface area (Å²) in [5.74, 6) is -0.704. The third kappa shape index (κ3) is 7.80.